The molecule has 2 aliphatic heterocycles. The monoisotopic (exact) mass is 346 g/mol. The summed E-state index contributed by atoms with van der Waals surface area (Å²) in [6.45, 7) is 2.12. The highest BCUT2D eigenvalue weighted by Gasteiger charge is 2.48. The van der Waals surface area contributed by atoms with Gasteiger partial charge in [-0.2, -0.15) is 5.06 Å². The Balaban J connectivity index is 1.62. The van der Waals surface area contributed by atoms with E-state index in [1.165, 1.54) is 23.9 Å². The lowest BCUT2D eigenvalue weighted by atomic mass is 10.0. The number of piperidine rings is 1. The summed E-state index contributed by atoms with van der Waals surface area (Å²) in [6.07, 6.45) is 1.22. The smallest absolute Gasteiger partial charge is 0.309 e. The standard InChI is InChI=1S/C17H22N4O4/c1-12(22)19(2)18-16(23)15-9-8-14-10-20(15)17(24)21(14)25-11-13-6-4-3-5-7-13/h3-7,14-15H,8-11H2,1-2H3,(H,18,23)/t14-,15+/m0/s1. The zero-order chi connectivity index (χ0) is 18.0. The molecule has 1 aromatic carbocycles. The van der Waals surface area contributed by atoms with E-state index < -0.39 is 6.04 Å². The molecule has 0 aliphatic carbocycles. The number of rotatable bonds is 4. The van der Waals surface area contributed by atoms with Gasteiger partial charge in [0, 0.05) is 20.5 Å². The maximum Gasteiger partial charge on any atom is 0.345 e. The van der Waals surface area contributed by atoms with E-state index in [9.17, 15) is 14.4 Å². The van der Waals surface area contributed by atoms with Crippen LogP contribution in [0, 0.1) is 0 Å². The first-order valence-electron chi connectivity index (χ1n) is 8.29. The molecule has 4 amide bonds. The number of hydrogen-bond acceptors (Lipinski definition) is 4. The molecule has 2 saturated heterocycles. The van der Waals surface area contributed by atoms with Crippen molar-refractivity contribution in [2.75, 3.05) is 13.6 Å². The lowest BCUT2D eigenvalue weighted by Gasteiger charge is -2.30. The summed E-state index contributed by atoms with van der Waals surface area (Å²) in [4.78, 5) is 43.5. The summed E-state index contributed by atoms with van der Waals surface area (Å²) in [7, 11) is 1.48. The van der Waals surface area contributed by atoms with Crippen molar-refractivity contribution in [3.63, 3.8) is 0 Å². The zero-order valence-corrected chi connectivity index (χ0v) is 14.3. The fourth-order valence-corrected chi connectivity index (χ4v) is 3.11. The summed E-state index contributed by atoms with van der Waals surface area (Å²) < 4.78 is 0. The van der Waals surface area contributed by atoms with E-state index >= 15 is 0 Å². The Bertz CT molecular complexity index is 666. The first kappa shape index (κ1) is 17.2. The average molecular weight is 346 g/mol. The molecule has 8 heteroatoms. The molecule has 2 aliphatic rings. The minimum atomic E-state index is -0.587. The highest BCUT2D eigenvalue weighted by atomic mass is 16.7. The van der Waals surface area contributed by atoms with Crippen LogP contribution in [0.2, 0.25) is 0 Å². The number of amides is 4. The van der Waals surface area contributed by atoms with Crippen molar-refractivity contribution in [1.82, 2.24) is 20.4 Å². The van der Waals surface area contributed by atoms with E-state index in [2.05, 4.69) is 5.43 Å². The Morgan fingerprint density at radius 3 is 2.68 bits per heavy atom. The lowest BCUT2D eigenvalue weighted by molar-refractivity contribution is -0.141. The number of carbonyl (C=O) groups excluding carboxylic acids is 3. The summed E-state index contributed by atoms with van der Waals surface area (Å²) in [5, 5.41) is 2.51. The number of hydrazine groups is 1. The van der Waals surface area contributed by atoms with Crippen LogP contribution < -0.4 is 5.43 Å². The van der Waals surface area contributed by atoms with Crippen molar-refractivity contribution in [2.45, 2.75) is 38.5 Å². The molecule has 0 unspecified atom stereocenters. The zero-order valence-electron chi connectivity index (χ0n) is 14.3. The minimum absolute atomic E-state index is 0.0502. The van der Waals surface area contributed by atoms with Crippen molar-refractivity contribution in [1.29, 1.82) is 0 Å². The normalized spacial score (nSPS) is 22.1. The number of nitrogens with one attached hydrogen (secondary N) is 1. The molecule has 25 heavy (non-hydrogen) atoms. The SMILES string of the molecule is CC(=O)N(C)NC(=O)[C@H]1CC[C@H]2CN1C(=O)N2OCc1ccccc1. The molecule has 8 nitrogen and oxygen atoms in total. The maximum absolute atomic E-state index is 12.6. The Morgan fingerprint density at radius 1 is 1.28 bits per heavy atom. The molecule has 2 bridgehead atoms. The molecule has 1 aromatic rings. The first-order valence-corrected chi connectivity index (χ1v) is 8.29. The molecule has 1 N–H and O–H groups in total. The van der Waals surface area contributed by atoms with E-state index in [1.54, 1.807) is 0 Å². The van der Waals surface area contributed by atoms with Gasteiger partial charge in [-0.1, -0.05) is 30.3 Å². The number of carbonyl (C=O) groups is 3. The third kappa shape index (κ3) is 3.58. The topological polar surface area (TPSA) is 82.2 Å². The molecular weight excluding hydrogens is 324 g/mol. The van der Waals surface area contributed by atoms with Crippen LogP contribution in [-0.2, 0) is 21.0 Å². The van der Waals surface area contributed by atoms with Gasteiger partial charge in [-0.25, -0.2) is 4.79 Å². The quantitative estimate of drug-likeness (QED) is 0.821. The number of hydrogen-bond donors (Lipinski definition) is 1. The van der Waals surface area contributed by atoms with Crippen LogP contribution in [0.15, 0.2) is 30.3 Å². The lowest BCUT2D eigenvalue weighted by Crippen LogP contribution is -2.54. The van der Waals surface area contributed by atoms with Gasteiger partial charge in [-0.15, -0.1) is 0 Å². The van der Waals surface area contributed by atoms with Crippen LogP contribution in [0.3, 0.4) is 0 Å². The Labute approximate surface area is 146 Å². The van der Waals surface area contributed by atoms with Gasteiger partial charge in [0.05, 0.1) is 6.04 Å². The molecule has 0 spiro atoms. The van der Waals surface area contributed by atoms with Gasteiger partial charge in [0.1, 0.15) is 12.6 Å². The van der Waals surface area contributed by atoms with Crippen molar-refractivity contribution in [2.24, 2.45) is 0 Å². The Morgan fingerprint density at radius 2 is 2.00 bits per heavy atom. The maximum atomic E-state index is 12.6. The van der Waals surface area contributed by atoms with Gasteiger partial charge in [-0.05, 0) is 18.4 Å². The number of benzene rings is 1. The van der Waals surface area contributed by atoms with Gasteiger partial charge in [-0.3, -0.25) is 24.9 Å². The summed E-state index contributed by atoms with van der Waals surface area (Å²) in [5.74, 6) is -0.628. The molecule has 0 aromatic heterocycles. The predicted molar refractivity (Wildman–Crippen MR) is 88.6 cm³/mol. The average Bonchev–Trinajstić information content (AvgIpc) is 2.84. The second-order valence-corrected chi connectivity index (χ2v) is 6.32. The minimum Gasteiger partial charge on any atom is -0.309 e. The second-order valence-electron chi connectivity index (χ2n) is 6.32. The largest absolute Gasteiger partial charge is 0.345 e. The van der Waals surface area contributed by atoms with Gasteiger partial charge in [0.2, 0.25) is 5.91 Å². The fraction of sp³-hybridized carbons (Fsp3) is 0.471. The van der Waals surface area contributed by atoms with Crippen LogP contribution in [0.4, 0.5) is 4.79 Å². The molecule has 2 fully saturated rings. The number of nitrogens with zero attached hydrogens (tertiary/aromatic N) is 3. The van der Waals surface area contributed by atoms with Crippen LogP contribution in [0.5, 0.6) is 0 Å². The Kier molecular flexibility index (Phi) is 4.89. The van der Waals surface area contributed by atoms with Gasteiger partial charge in [0.15, 0.2) is 0 Å². The predicted octanol–water partition coefficient (Wildman–Crippen LogP) is 0.896. The molecule has 0 radical (unpaired) electrons. The van der Waals surface area contributed by atoms with Crippen LogP contribution >= 0.6 is 0 Å². The second kappa shape index (κ2) is 7.10. The summed E-state index contributed by atoms with van der Waals surface area (Å²) in [6, 6.07) is 8.67. The van der Waals surface area contributed by atoms with E-state index in [0.717, 1.165) is 10.6 Å². The van der Waals surface area contributed by atoms with Crippen molar-refractivity contribution in [3.8, 4) is 0 Å². The summed E-state index contributed by atoms with van der Waals surface area (Å²) in [5.41, 5.74) is 3.49. The highest BCUT2D eigenvalue weighted by Crippen LogP contribution is 2.30. The van der Waals surface area contributed by atoms with Crippen molar-refractivity contribution < 1.29 is 19.2 Å². The Hall–Kier alpha value is -2.61. The molecular formula is C17H22N4O4. The van der Waals surface area contributed by atoms with Crippen molar-refractivity contribution in [3.05, 3.63) is 35.9 Å². The third-order valence-corrected chi connectivity index (χ3v) is 4.59. The van der Waals surface area contributed by atoms with Gasteiger partial charge in [0.25, 0.3) is 5.91 Å². The molecule has 134 valence electrons. The molecule has 3 rings (SSSR count). The fourth-order valence-electron chi connectivity index (χ4n) is 3.11. The number of urea groups is 1. The highest BCUT2D eigenvalue weighted by molar-refractivity contribution is 5.89. The molecule has 2 heterocycles. The van der Waals surface area contributed by atoms with E-state index in [1.807, 2.05) is 30.3 Å². The van der Waals surface area contributed by atoms with Crippen LogP contribution in [0.25, 0.3) is 0 Å². The van der Waals surface area contributed by atoms with E-state index in [4.69, 9.17) is 4.84 Å². The first-order chi connectivity index (χ1) is 12.0. The van der Waals surface area contributed by atoms with Crippen LogP contribution in [0.1, 0.15) is 25.3 Å². The van der Waals surface area contributed by atoms with Crippen LogP contribution in [-0.4, -0.2) is 58.5 Å². The third-order valence-electron chi connectivity index (χ3n) is 4.59. The number of fused-ring (bicyclic) bond motifs is 2. The summed E-state index contributed by atoms with van der Waals surface area (Å²) >= 11 is 0. The van der Waals surface area contributed by atoms with E-state index in [0.29, 0.717) is 26.0 Å². The van der Waals surface area contributed by atoms with Gasteiger partial charge < -0.3 is 4.90 Å². The number of hydroxylamine groups is 2. The van der Waals surface area contributed by atoms with E-state index in [-0.39, 0.29) is 23.9 Å². The van der Waals surface area contributed by atoms with Gasteiger partial charge >= 0.3 is 6.03 Å². The molecule has 0 saturated carbocycles. The van der Waals surface area contributed by atoms with Crippen molar-refractivity contribution >= 4 is 17.8 Å². The molecule has 2 atom stereocenters.